The van der Waals surface area contributed by atoms with Gasteiger partial charge in [-0.3, -0.25) is 10.1 Å². The maximum Gasteiger partial charge on any atom is 0.411 e. The number of benzene rings is 2. The molecule has 2 N–H and O–H groups in total. The molecule has 150 valence electrons. The van der Waals surface area contributed by atoms with E-state index in [9.17, 15) is 9.59 Å². The number of amides is 2. The Bertz CT molecular complexity index is 998. The van der Waals surface area contributed by atoms with Crippen LogP contribution in [0.25, 0.3) is 0 Å². The molecule has 29 heavy (non-hydrogen) atoms. The molecule has 7 nitrogen and oxygen atoms in total. The number of nitrogens with one attached hydrogen (secondary N) is 2. The van der Waals surface area contributed by atoms with Gasteiger partial charge in [0.05, 0.1) is 5.69 Å². The fraction of sp³-hybridized carbons (Fsp3) is 0.190. The van der Waals surface area contributed by atoms with Gasteiger partial charge < -0.3 is 14.6 Å². The van der Waals surface area contributed by atoms with Gasteiger partial charge >= 0.3 is 6.09 Å². The van der Waals surface area contributed by atoms with E-state index in [0.29, 0.717) is 22.9 Å². The van der Waals surface area contributed by atoms with Crippen LogP contribution in [0, 0.1) is 13.8 Å². The van der Waals surface area contributed by atoms with Crippen molar-refractivity contribution in [2.24, 2.45) is 0 Å². The number of hydrogen-bond acceptors (Lipinski definition) is 5. The highest BCUT2D eigenvalue weighted by molar-refractivity contribution is 6.30. The van der Waals surface area contributed by atoms with Crippen LogP contribution in [0.3, 0.4) is 0 Å². The summed E-state index contributed by atoms with van der Waals surface area (Å²) in [5.74, 6) is -0.111. The quantitative estimate of drug-likeness (QED) is 0.614. The minimum absolute atomic E-state index is 0.146. The lowest BCUT2D eigenvalue weighted by Crippen LogP contribution is -2.23. The molecule has 0 spiro atoms. The van der Waals surface area contributed by atoms with Gasteiger partial charge in [-0.05, 0) is 49.2 Å². The van der Waals surface area contributed by atoms with Crippen molar-refractivity contribution < 1.29 is 18.8 Å². The zero-order valence-electron chi connectivity index (χ0n) is 16.0. The summed E-state index contributed by atoms with van der Waals surface area (Å²) in [5.41, 5.74) is 3.70. The van der Waals surface area contributed by atoms with E-state index in [2.05, 4.69) is 15.8 Å². The lowest BCUT2D eigenvalue weighted by atomic mass is 10.2. The lowest BCUT2D eigenvalue weighted by molar-refractivity contribution is 0.0913. The summed E-state index contributed by atoms with van der Waals surface area (Å²) in [5, 5.41) is 9.83. The molecule has 1 heterocycles. The number of hydrogen-bond donors (Lipinski definition) is 2. The van der Waals surface area contributed by atoms with Crippen molar-refractivity contribution >= 4 is 29.3 Å². The molecule has 3 aromatic rings. The Balaban J connectivity index is 1.46. The molecule has 2 aromatic carbocycles. The van der Waals surface area contributed by atoms with Crippen LogP contribution in [0.15, 0.2) is 53.1 Å². The molecule has 0 saturated carbocycles. The first kappa shape index (κ1) is 20.4. The van der Waals surface area contributed by atoms with E-state index >= 15 is 0 Å². The van der Waals surface area contributed by atoms with Gasteiger partial charge in [0.2, 0.25) is 5.76 Å². The first-order chi connectivity index (χ1) is 13.9. The summed E-state index contributed by atoms with van der Waals surface area (Å²) in [6.45, 7) is 4.03. The molecule has 0 radical (unpaired) electrons. The second kappa shape index (κ2) is 9.25. The summed E-state index contributed by atoms with van der Waals surface area (Å²) in [6.07, 6.45) is -0.558. The molecule has 0 unspecified atom stereocenters. The van der Waals surface area contributed by atoms with Crippen molar-refractivity contribution in [3.05, 3.63) is 81.7 Å². The Kier molecular flexibility index (Phi) is 6.51. The highest BCUT2D eigenvalue weighted by Crippen LogP contribution is 2.14. The molecular formula is C21H20ClN3O4. The van der Waals surface area contributed by atoms with Gasteiger partial charge in [0.15, 0.2) is 0 Å². The lowest BCUT2D eigenvalue weighted by Gasteiger charge is -2.08. The molecule has 0 aliphatic carbocycles. The molecular weight excluding hydrogens is 394 g/mol. The van der Waals surface area contributed by atoms with Gasteiger partial charge in [0.1, 0.15) is 6.61 Å². The van der Waals surface area contributed by atoms with E-state index in [1.165, 1.54) is 0 Å². The maximum atomic E-state index is 12.1. The van der Waals surface area contributed by atoms with Crippen LogP contribution >= 0.6 is 11.6 Å². The number of carbonyl (C=O) groups excluding carboxylic acids is 2. The SMILES string of the molecule is Cc1noc(C(=O)NCc2ccc(NC(=O)OCc3ccc(Cl)cc3)cc2)c1C. The first-order valence-electron chi connectivity index (χ1n) is 8.90. The second-order valence-electron chi connectivity index (χ2n) is 6.43. The first-order valence-corrected chi connectivity index (χ1v) is 9.28. The standard InChI is InChI=1S/C21H20ClN3O4/c1-13-14(2)25-29-19(13)20(26)23-11-15-5-9-18(10-6-15)24-21(27)28-12-16-3-7-17(22)8-4-16/h3-10H,11-12H2,1-2H3,(H,23,26)(H,24,27). The number of nitrogens with zero attached hydrogens (tertiary/aromatic N) is 1. The molecule has 0 fully saturated rings. The van der Waals surface area contributed by atoms with E-state index in [-0.39, 0.29) is 18.3 Å². The van der Waals surface area contributed by atoms with Crippen LogP contribution in [0.4, 0.5) is 10.5 Å². The van der Waals surface area contributed by atoms with Gasteiger partial charge in [-0.2, -0.15) is 0 Å². The van der Waals surface area contributed by atoms with Crippen molar-refractivity contribution in [3.8, 4) is 0 Å². The second-order valence-corrected chi connectivity index (χ2v) is 6.87. The molecule has 2 amide bonds. The van der Waals surface area contributed by atoms with Crippen LogP contribution in [0.2, 0.25) is 5.02 Å². The summed E-state index contributed by atoms with van der Waals surface area (Å²) in [4.78, 5) is 24.1. The number of carbonyl (C=O) groups is 2. The minimum Gasteiger partial charge on any atom is -0.444 e. The summed E-state index contributed by atoms with van der Waals surface area (Å²) in [6, 6.07) is 14.1. The van der Waals surface area contributed by atoms with Gasteiger partial charge in [-0.15, -0.1) is 0 Å². The van der Waals surface area contributed by atoms with Crippen molar-refractivity contribution in [2.45, 2.75) is 27.0 Å². The Morgan fingerprint density at radius 2 is 1.69 bits per heavy atom. The molecule has 0 atom stereocenters. The summed E-state index contributed by atoms with van der Waals surface area (Å²) in [7, 11) is 0. The van der Waals surface area contributed by atoms with E-state index in [4.69, 9.17) is 20.9 Å². The van der Waals surface area contributed by atoms with Gasteiger partial charge in [-0.1, -0.05) is 41.0 Å². The highest BCUT2D eigenvalue weighted by Gasteiger charge is 2.16. The molecule has 0 aliphatic heterocycles. The topological polar surface area (TPSA) is 93.5 Å². The fourth-order valence-electron chi connectivity index (χ4n) is 2.48. The number of rotatable bonds is 6. The number of ether oxygens (including phenoxy) is 1. The normalized spacial score (nSPS) is 10.4. The third-order valence-corrected chi connectivity index (χ3v) is 4.55. The van der Waals surface area contributed by atoms with Crippen LogP contribution in [0.5, 0.6) is 0 Å². The molecule has 0 aliphatic rings. The molecule has 8 heteroatoms. The number of halogens is 1. The van der Waals surface area contributed by atoms with Gasteiger partial charge in [-0.25, -0.2) is 4.79 Å². The van der Waals surface area contributed by atoms with Gasteiger partial charge in [0, 0.05) is 22.8 Å². The summed E-state index contributed by atoms with van der Waals surface area (Å²) >= 11 is 5.82. The van der Waals surface area contributed by atoms with E-state index in [1.807, 2.05) is 0 Å². The van der Waals surface area contributed by atoms with Crippen molar-refractivity contribution in [3.63, 3.8) is 0 Å². The Hall–Kier alpha value is -3.32. The molecule has 3 rings (SSSR count). The third-order valence-electron chi connectivity index (χ3n) is 4.30. The monoisotopic (exact) mass is 413 g/mol. The average Bonchev–Trinajstić information content (AvgIpc) is 3.05. The Labute approximate surface area is 173 Å². The molecule has 0 saturated heterocycles. The average molecular weight is 414 g/mol. The van der Waals surface area contributed by atoms with Crippen LogP contribution in [-0.4, -0.2) is 17.2 Å². The van der Waals surface area contributed by atoms with E-state index < -0.39 is 6.09 Å². The molecule has 0 bridgehead atoms. The maximum absolute atomic E-state index is 12.1. The van der Waals surface area contributed by atoms with Crippen LogP contribution in [-0.2, 0) is 17.9 Å². The largest absolute Gasteiger partial charge is 0.444 e. The van der Waals surface area contributed by atoms with Crippen LogP contribution < -0.4 is 10.6 Å². The highest BCUT2D eigenvalue weighted by atomic mass is 35.5. The minimum atomic E-state index is -0.558. The fourth-order valence-corrected chi connectivity index (χ4v) is 2.61. The van der Waals surface area contributed by atoms with E-state index in [0.717, 1.165) is 16.7 Å². The van der Waals surface area contributed by atoms with Gasteiger partial charge in [0.25, 0.3) is 5.91 Å². The number of aromatic nitrogens is 1. The van der Waals surface area contributed by atoms with Crippen LogP contribution in [0.1, 0.15) is 32.9 Å². The third kappa shape index (κ3) is 5.58. The zero-order valence-corrected chi connectivity index (χ0v) is 16.7. The number of anilines is 1. The smallest absolute Gasteiger partial charge is 0.411 e. The predicted octanol–water partition coefficient (Wildman–Crippen LogP) is 4.62. The predicted molar refractivity (Wildman–Crippen MR) is 109 cm³/mol. The zero-order chi connectivity index (χ0) is 20.8. The van der Waals surface area contributed by atoms with Crippen molar-refractivity contribution in [2.75, 3.05) is 5.32 Å². The Morgan fingerprint density at radius 3 is 2.31 bits per heavy atom. The summed E-state index contributed by atoms with van der Waals surface area (Å²) < 4.78 is 10.2. The van der Waals surface area contributed by atoms with Crippen molar-refractivity contribution in [1.82, 2.24) is 10.5 Å². The van der Waals surface area contributed by atoms with E-state index in [1.54, 1.807) is 62.4 Å². The van der Waals surface area contributed by atoms with Crippen molar-refractivity contribution in [1.29, 1.82) is 0 Å². The molecule has 1 aromatic heterocycles. The number of aryl methyl sites for hydroxylation is 1. The Morgan fingerprint density at radius 1 is 1.03 bits per heavy atom.